The van der Waals surface area contributed by atoms with E-state index in [0.717, 1.165) is 44.9 Å². The molecule has 0 aliphatic heterocycles. The van der Waals surface area contributed by atoms with Gasteiger partial charge in [0, 0.05) is 12.8 Å². The first kappa shape index (κ1) is 18.8. The van der Waals surface area contributed by atoms with Crippen molar-refractivity contribution in [2.45, 2.75) is 84.0 Å². The van der Waals surface area contributed by atoms with Crippen molar-refractivity contribution in [1.29, 1.82) is 0 Å². The minimum Gasteiger partial charge on any atom is -0.481 e. The van der Waals surface area contributed by atoms with Crippen LogP contribution >= 0.6 is 0 Å². The minimum atomic E-state index is -0.683. The fourth-order valence-corrected chi connectivity index (χ4v) is 1.98. The van der Waals surface area contributed by atoms with Gasteiger partial charge in [-0.2, -0.15) is 0 Å². The summed E-state index contributed by atoms with van der Waals surface area (Å²) in [5.74, 6) is 5.57. The molecule has 0 heterocycles. The maximum absolute atomic E-state index is 10.3. The molecule has 1 N–H and O–H groups in total. The molecule has 0 aliphatic rings. The molecule has 114 valence electrons. The van der Waals surface area contributed by atoms with Crippen LogP contribution in [0.1, 0.15) is 84.0 Å². The molecule has 0 aliphatic carbocycles. The largest absolute Gasteiger partial charge is 0.481 e. The van der Waals surface area contributed by atoms with Crippen molar-refractivity contribution in [1.82, 2.24) is 0 Å². The quantitative estimate of drug-likeness (QED) is 0.387. The number of hydrogen-bond acceptors (Lipinski definition) is 1. The Morgan fingerprint density at radius 1 is 1.00 bits per heavy atom. The highest BCUT2D eigenvalue weighted by atomic mass is 16.4. The fraction of sp³-hybridized carbons (Fsp3) is 0.722. The van der Waals surface area contributed by atoms with Crippen LogP contribution in [0.5, 0.6) is 0 Å². The third-order valence-electron chi connectivity index (χ3n) is 3.22. The normalized spacial score (nSPS) is 10.4. The SMILES string of the molecule is CCCCCC/C=C/C#CCCCCCCCC(=O)O. The molecule has 0 aromatic carbocycles. The zero-order valence-electron chi connectivity index (χ0n) is 13.0. The lowest BCUT2D eigenvalue weighted by atomic mass is 10.1. The second-order valence-corrected chi connectivity index (χ2v) is 5.23. The van der Waals surface area contributed by atoms with E-state index < -0.39 is 5.97 Å². The number of allylic oxidation sites excluding steroid dienone is 2. The van der Waals surface area contributed by atoms with Gasteiger partial charge in [0.1, 0.15) is 0 Å². The topological polar surface area (TPSA) is 37.3 Å². The summed E-state index contributed by atoms with van der Waals surface area (Å²) in [6.07, 6.45) is 17.1. The fourth-order valence-electron chi connectivity index (χ4n) is 1.98. The molecule has 20 heavy (non-hydrogen) atoms. The van der Waals surface area contributed by atoms with Crippen LogP contribution in [0.15, 0.2) is 12.2 Å². The summed E-state index contributed by atoms with van der Waals surface area (Å²) in [6.45, 7) is 2.23. The third-order valence-corrected chi connectivity index (χ3v) is 3.22. The standard InChI is InChI=1S/C18H30O2/c1-2-3-4-5-6-7-8-9-10-11-12-13-14-15-16-17-18(19)20/h7-8H,2-6,11-17H2,1H3,(H,19,20)/b8-7+. The first-order valence-corrected chi connectivity index (χ1v) is 8.12. The van der Waals surface area contributed by atoms with E-state index in [-0.39, 0.29) is 0 Å². The molecule has 0 aromatic rings. The minimum absolute atomic E-state index is 0.308. The van der Waals surface area contributed by atoms with Gasteiger partial charge in [-0.15, -0.1) is 0 Å². The molecule has 0 saturated carbocycles. The Morgan fingerprint density at radius 3 is 2.45 bits per heavy atom. The average Bonchev–Trinajstić information content (AvgIpc) is 2.43. The van der Waals surface area contributed by atoms with Crippen molar-refractivity contribution in [3.8, 4) is 11.8 Å². The molecule has 0 aromatic heterocycles. The van der Waals surface area contributed by atoms with Crippen LogP contribution in [-0.4, -0.2) is 11.1 Å². The summed E-state index contributed by atoms with van der Waals surface area (Å²) in [5.41, 5.74) is 0. The number of carboxylic acids is 1. The van der Waals surface area contributed by atoms with Gasteiger partial charge in [0.15, 0.2) is 0 Å². The van der Waals surface area contributed by atoms with Gasteiger partial charge in [0.2, 0.25) is 0 Å². The highest BCUT2D eigenvalue weighted by molar-refractivity contribution is 5.66. The zero-order valence-corrected chi connectivity index (χ0v) is 13.0. The number of rotatable bonds is 12. The van der Waals surface area contributed by atoms with Crippen molar-refractivity contribution in [3.63, 3.8) is 0 Å². The molecule has 0 bridgehead atoms. The van der Waals surface area contributed by atoms with Crippen molar-refractivity contribution < 1.29 is 9.90 Å². The number of aliphatic carboxylic acids is 1. The van der Waals surface area contributed by atoms with E-state index in [1.165, 1.54) is 25.7 Å². The highest BCUT2D eigenvalue weighted by Crippen LogP contribution is 2.06. The van der Waals surface area contributed by atoms with E-state index in [0.29, 0.717) is 6.42 Å². The van der Waals surface area contributed by atoms with Gasteiger partial charge in [0.05, 0.1) is 0 Å². The Morgan fingerprint density at radius 2 is 1.70 bits per heavy atom. The molecule has 0 unspecified atom stereocenters. The van der Waals surface area contributed by atoms with E-state index in [1.54, 1.807) is 0 Å². The van der Waals surface area contributed by atoms with Gasteiger partial charge in [-0.3, -0.25) is 4.79 Å². The van der Waals surface area contributed by atoms with E-state index in [2.05, 4.69) is 24.8 Å². The van der Waals surface area contributed by atoms with E-state index in [4.69, 9.17) is 5.11 Å². The monoisotopic (exact) mass is 278 g/mol. The zero-order chi connectivity index (χ0) is 14.9. The number of carbonyl (C=O) groups is 1. The Labute approximate surface area is 124 Å². The first-order chi connectivity index (χ1) is 9.77. The lowest BCUT2D eigenvalue weighted by Gasteiger charge is -1.97. The van der Waals surface area contributed by atoms with Crippen LogP contribution in [0.25, 0.3) is 0 Å². The predicted molar refractivity (Wildman–Crippen MR) is 85.6 cm³/mol. The van der Waals surface area contributed by atoms with Gasteiger partial charge >= 0.3 is 5.97 Å². The summed E-state index contributed by atoms with van der Waals surface area (Å²) < 4.78 is 0. The molecule has 0 fully saturated rings. The Kier molecular flexibility index (Phi) is 14.9. The molecule has 2 heteroatoms. The number of hydrogen-bond donors (Lipinski definition) is 1. The maximum atomic E-state index is 10.3. The van der Waals surface area contributed by atoms with Gasteiger partial charge in [-0.1, -0.05) is 63.4 Å². The van der Waals surface area contributed by atoms with E-state index in [1.807, 2.05) is 6.08 Å². The predicted octanol–water partition coefficient (Wildman–Crippen LogP) is 5.33. The molecule has 0 radical (unpaired) electrons. The van der Waals surface area contributed by atoms with E-state index in [9.17, 15) is 4.79 Å². The van der Waals surface area contributed by atoms with Crippen molar-refractivity contribution >= 4 is 5.97 Å². The summed E-state index contributed by atoms with van der Waals surface area (Å²) in [4.78, 5) is 10.3. The number of unbranched alkanes of at least 4 members (excludes halogenated alkanes) is 9. The number of carboxylic acid groups (broad SMARTS) is 1. The van der Waals surface area contributed by atoms with Gasteiger partial charge in [0.25, 0.3) is 0 Å². The average molecular weight is 278 g/mol. The second-order valence-electron chi connectivity index (χ2n) is 5.23. The highest BCUT2D eigenvalue weighted by Gasteiger charge is 1.95. The Bertz CT molecular complexity index is 307. The van der Waals surface area contributed by atoms with Crippen LogP contribution in [0.3, 0.4) is 0 Å². The molecule has 0 atom stereocenters. The molecular formula is C18H30O2. The van der Waals surface area contributed by atoms with E-state index >= 15 is 0 Å². The van der Waals surface area contributed by atoms with Crippen molar-refractivity contribution in [2.75, 3.05) is 0 Å². The molecule has 0 rings (SSSR count). The first-order valence-electron chi connectivity index (χ1n) is 8.12. The smallest absolute Gasteiger partial charge is 0.303 e. The lowest BCUT2D eigenvalue weighted by molar-refractivity contribution is -0.137. The summed E-state index contributed by atoms with van der Waals surface area (Å²) in [7, 11) is 0. The molecule has 0 spiro atoms. The van der Waals surface area contributed by atoms with Gasteiger partial charge < -0.3 is 5.11 Å². The van der Waals surface area contributed by atoms with Crippen molar-refractivity contribution in [2.24, 2.45) is 0 Å². The maximum Gasteiger partial charge on any atom is 0.303 e. The second kappa shape index (κ2) is 15.8. The molecule has 0 saturated heterocycles. The van der Waals surface area contributed by atoms with Crippen LogP contribution < -0.4 is 0 Å². The lowest BCUT2D eigenvalue weighted by Crippen LogP contribution is -1.93. The third kappa shape index (κ3) is 16.8. The Hall–Kier alpha value is -1.23. The molecular weight excluding hydrogens is 248 g/mol. The van der Waals surface area contributed by atoms with Gasteiger partial charge in [-0.05, 0) is 31.8 Å². The summed E-state index contributed by atoms with van der Waals surface area (Å²) in [5, 5.41) is 8.49. The van der Waals surface area contributed by atoms with Crippen molar-refractivity contribution in [3.05, 3.63) is 12.2 Å². The Balaban J connectivity index is 3.24. The molecule has 0 amide bonds. The van der Waals surface area contributed by atoms with Crippen LogP contribution in [0, 0.1) is 11.8 Å². The summed E-state index contributed by atoms with van der Waals surface area (Å²) >= 11 is 0. The van der Waals surface area contributed by atoms with Gasteiger partial charge in [-0.25, -0.2) is 0 Å². The van der Waals surface area contributed by atoms with Crippen LogP contribution in [-0.2, 0) is 4.79 Å². The van der Waals surface area contributed by atoms with Crippen LogP contribution in [0.4, 0.5) is 0 Å². The summed E-state index contributed by atoms with van der Waals surface area (Å²) in [6, 6.07) is 0. The molecule has 2 nitrogen and oxygen atoms in total. The van der Waals surface area contributed by atoms with Crippen LogP contribution in [0.2, 0.25) is 0 Å².